The number of nitrogens with zero attached hydrogens (tertiary/aromatic N) is 4. The zero-order valence-corrected chi connectivity index (χ0v) is 35.3. The van der Waals surface area contributed by atoms with Gasteiger partial charge in [0.25, 0.3) is 0 Å². The monoisotopic (exact) mass is 832 g/mol. The number of fused-ring (bicyclic) bond motifs is 13. The van der Waals surface area contributed by atoms with Crippen LogP contribution in [0.5, 0.6) is 0 Å². The third-order valence-corrected chi connectivity index (χ3v) is 14.2. The van der Waals surface area contributed by atoms with E-state index >= 15 is 0 Å². The highest BCUT2D eigenvalue weighted by molar-refractivity contribution is 7.99. The molecule has 0 atom stereocenters. The van der Waals surface area contributed by atoms with Crippen LogP contribution in [0, 0.1) is 0 Å². The normalized spacial score (nSPS) is 13.1. The molecule has 0 bridgehead atoms. The van der Waals surface area contributed by atoms with Crippen molar-refractivity contribution in [3.63, 3.8) is 0 Å². The van der Waals surface area contributed by atoms with E-state index in [-0.39, 0.29) is 0 Å². The third-order valence-electron chi connectivity index (χ3n) is 13.0. The number of hydrogen-bond acceptors (Lipinski definition) is 5. The molecule has 3 heterocycles. The number of rotatable bonds is 5. The highest BCUT2D eigenvalue weighted by Gasteiger charge is 2.50. The Kier molecular flexibility index (Phi) is 8.33. The fourth-order valence-corrected chi connectivity index (χ4v) is 11.5. The van der Waals surface area contributed by atoms with Crippen molar-refractivity contribution < 1.29 is 0 Å². The van der Waals surface area contributed by atoms with Gasteiger partial charge >= 0.3 is 0 Å². The molecule has 0 fully saturated rings. The van der Waals surface area contributed by atoms with Crippen LogP contribution in [-0.4, -0.2) is 19.9 Å². The maximum Gasteiger partial charge on any atom is 0.164 e. The van der Waals surface area contributed by atoms with Crippen LogP contribution < -0.4 is 0 Å². The summed E-state index contributed by atoms with van der Waals surface area (Å²) in [5, 5.41) is 3.58. The van der Waals surface area contributed by atoms with E-state index in [4.69, 9.17) is 19.9 Å². The molecule has 2 aliphatic rings. The smallest absolute Gasteiger partial charge is 0.164 e. The van der Waals surface area contributed by atoms with Gasteiger partial charge in [0.1, 0.15) is 0 Å². The van der Waals surface area contributed by atoms with Crippen LogP contribution in [0.4, 0.5) is 0 Å². The van der Waals surface area contributed by atoms with Crippen molar-refractivity contribution in [3.8, 4) is 67.7 Å². The lowest BCUT2D eigenvalue weighted by Gasteiger charge is -2.40. The van der Waals surface area contributed by atoms with Gasteiger partial charge in [0.05, 0.1) is 16.6 Å². The summed E-state index contributed by atoms with van der Waals surface area (Å²) in [6, 6.07) is 78.1. The molecule has 13 rings (SSSR count). The van der Waals surface area contributed by atoms with Crippen molar-refractivity contribution in [2.75, 3.05) is 0 Å². The average molecular weight is 833 g/mol. The molecule has 0 amide bonds. The van der Waals surface area contributed by atoms with Crippen molar-refractivity contribution in [1.82, 2.24) is 19.9 Å². The standard InChI is InChI=1S/C59H36N4S/c1-4-16-38(17-5-1)54-46-33-34-49-55(53(46)45-24-12-15-27-51(45)60-54)64-52-35-32-42(36-50(52)59(49)47-25-13-10-22-43(47)44-23-11-14-26-48(44)59)37-28-30-41(31-29-37)58-62-56(39-18-6-2-7-19-39)61-57(63-58)40-20-8-3-9-21-40/h1-36H. The molecule has 0 N–H and O–H groups in total. The van der Waals surface area contributed by atoms with Crippen molar-refractivity contribution in [3.05, 3.63) is 241 Å². The van der Waals surface area contributed by atoms with E-state index < -0.39 is 5.41 Å². The Hall–Kier alpha value is -7.99. The summed E-state index contributed by atoms with van der Waals surface area (Å²) in [7, 11) is 0. The van der Waals surface area contributed by atoms with Crippen LogP contribution in [0.3, 0.4) is 0 Å². The summed E-state index contributed by atoms with van der Waals surface area (Å²) >= 11 is 1.89. The van der Waals surface area contributed by atoms with Crippen LogP contribution in [-0.2, 0) is 5.41 Å². The highest BCUT2D eigenvalue weighted by atomic mass is 32.2. The van der Waals surface area contributed by atoms with Crippen molar-refractivity contribution in [1.29, 1.82) is 0 Å². The first-order valence-corrected chi connectivity index (χ1v) is 22.4. The molecular weight excluding hydrogens is 797 g/mol. The largest absolute Gasteiger partial charge is 0.247 e. The fraction of sp³-hybridized carbons (Fsp3) is 0.0169. The minimum absolute atomic E-state index is 0.558. The second-order valence-corrected chi connectivity index (χ2v) is 17.5. The minimum atomic E-state index is -0.558. The molecule has 2 aromatic heterocycles. The van der Waals surface area contributed by atoms with Crippen LogP contribution in [0.2, 0.25) is 0 Å². The van der Waals surface area contributed by atoms with Gasteiger partial charge in [-0.15, -0.1) is 0 Å². The Bertz CT molecular complexity index is 3520. The van der Waals surface area contributed by atoms with Gasteiger partial charge in [-0.3, -0.25) is 0 Å². The number of hydrogen-bond donors (Lipinski definition) is 0. The van der Waals surface area contributed by atoms with Crippen LogP contribution in [0.1, 0.15) is 22.3 Å². The van der Waals surface area contributed by atoms with Gasteiger partial charge in [-0.2, -0.15) is 0 Å². The number of benzene rings is 9. The predicted octanol–water partition coefficient (Wildman–Crippen LogP) is 14.7. The SMILES string of the molecule is c1ccc(-c2nc(-c3ccccc3)nc(-c3ccc(-c4ccc5c(c4)C4(c6ccccc6-c6ccccc64)c4ccc6c(-c7ccccc7)nc7ccccc7c6c4S5)cc3)n2)cc1. The Morgan fingerprint density at radius 2 is 0.828 bits per heavy atom. The summed E-state index contributed by atoms with van der Waals surface area (Å²) in [5.41, 5.74) is 15.5. The molecule has 0 unspecified atom stereocenters. The Morgan fingerprint density at radius 3 is 1.45 bits per heavy atom. The summed E-state index contributed by atoms with van der Waals surface area (Å²) in [6.07, 6.45) is 0. The molecule has 0 radical (unpaired) electrons. The van der Waals surface area contributed by atoms with Gasteiger partial charge in [0, 0.05) is 48.2 Å². The number of pyridine rings is 1. The van der Waals surface area contributed by atoms with Crippen LogP contribution in [0.25, 0.3) is 89.4 Å². The zero-order valence-electron chi connectivity index (χ0n) is 34.5. The van der Waals surface area contributed by atoms with Crippen molar-refractivity contribution >= 4 is 33.4 Å². The van der Waals surface area contributed by atoms with E-state index in [2.05, 4.69) is 158 Å². The number of para-hydroxylation sites is 1. The molecule has 4 nitrogen and oxygen atoms in total. The molecular formula is C59H36N4S. The van der Waals surface area contributed by atoms with Crippen molar-refractivity contribution in [2.24, 2.45) is 0 Å². The first-order valence-electron chi connectivity index (χ1n) is 21.6. The first kappa shape index (κ1) is 36.6. The van der Waals surface area contributed by atoms with Gasteiger partial charge in [-0.25, -0.2) is 19.9 Å². The van der Waals surface area contributed by atoms with E-state index in [1.807, 2.05) is 72.4 Å². The maximum atomic E-state index is 5.31. The average Bonchev–Trinajstić information content (AvgIpc) is 3.67. The minimum Gasteiger partial charge on any atom is -0.247 e. The topological polar surface area (TPSA) is 51.6 Å². The maximum absolute atomic E-state index is 5.31. The first-order chi connectivity index (χ1) is 31.7. The Morgan fingerprint density at radius 1 is 0.328 bits per heavy atom. The molecule has 9 aromatic carbocycles. The van der Waals surface area contributed by atoms with Gasteiger partial charge in [0.15, 0.2) is 17.5 Å². The Balaban J connectivity index is 1.00. The molecule has 11 aromatic rings. The summed E-state index contributed by atoms with van der Waals surface area (Å²) in [4.78, 5) is 22.8. The predicted molar refractivity (Wildman–Crippen MR) is 261 cm³/mol. The lowest BCUT2D eigenvalue weighted by molar-refractivity contribution is 0.726. The summed E-state index contributed by atoms with van der Waals surface area (Å²) in [5.74, 6) is 1.94. The van der Waals surface area contributed by atoms with Crippen LogP contribution >= 0.6 is 11.8 Å². The Labute approximate surface area is 375 Å². The lowest BCUT2D eigenvalue weighted by Crippen LogP contribution is -2.32. The highest BCUT2D eigenvalue weighted by Crippen LogP contribution is 2.64. The van der Waals surface area contributed by atoms with E-state index in [0.29, 0.717) is 17.5 Å². The van der Waals surface area contributed by atoms with Gasteiger partial charge in [-0.1, -0.05) is 212 Å². The van der Waals surface area contributed by atoms with Gasteiger partial charge in [0.2, 0.25) is 0 Å². The fourth-order valence-electron chi connectivity index (χ4n) is 10.1. The summed E-state index contributed by atoms with van der Waals surface area (Å²) in [6.45, 7) is 0. The van der Waals surface area contributed by atoms with E-state index in [1.54, 1.807) is 0 Å². The van der Waals surface area contributed by atoms with Crippen LogP contribution in [0.15, 0.2) is 228 Å². The van der Waals surface area contributed by atoms with Gasteiger partial charge in [-0.05, 0) is 62.7 Å². The van der Waals surface area contributed by atoms with E-state index in [1.165, 1.54) is 53.9 Å². The number of aromatic nitrogens is 4. The quantitative estimate of drug-likeness (QED) is 0.162. The lowest BCUT2D eigenvalue weighted by atomic mass is 9.66. The van der Waals surface area contributed by atoms with E-state index in [0.717, 1.165) is 50.0 Å². The molecule has 64 heavy (non-hydrogen) atoms. The van der Waals surface area contributed by atoms with Crippen molar-refractivity contribution in [2.45, 2.75) is 15.2 Å². The molecule has 298 valence electrons. The molecule has 0 saturated carbocycles. The molecule has 0 saturated heterocycles. The van der Waals surface area contributed by atoms with E-state index in [9.17, 15) is 0 Å². The second kappa shape index (κ2) is 14.6. The molecule has 1 spiro atoms. The molecule has 5 heteroatoms. The summed E-state index contributed by atoms with van der Waals surface area (Å²) < 4.78 is 0. The van der Waals surface area contributed by atoms with Gasteiger partial charge < -0.3 is 0 Å². The molecule has 1 aliphatic heterocycles. The second-order valence-electron chi connectivity index (χ2n) is 16.5. The molecule has 1 aliphatic carbocycles. The zero-order chi connectivity index (χ0) is 42.2. The third kappa shape index (κ3) is 5.57.